The summed E-state index contributed by atoms with van der Waals surface area (Å²) in [5.74, 6) is -5.60. The molecule has 1 aliphatic rings. The van der Waals surface area contributed by atoms with Crippen LogP contribution in [0.4, 0.5) is 8.78 Å². The molecular formula is C23H22Cl2F2N2O5. The number of amides is 2. The second kappa shape index (κ2) is 11.5. The van der Waals surface area contributed by atoms with Gasteiger partial charge in [0.25, 0.3) is 11.8 Å². The minimum Gasteiger partial charge on any atom is -0.487 e. The van der Waals surface area contributed by atoms with E-state index in [4.69, 9.17) is 33.0 Å². The second-order valence-corrected chi connectivity index (χ2v) is 8.62. The van der Waals surface area contributed by atoms with Gasteiger partial charge in [-0.15, -0.1) is 0 Å². The molecule has 0 bridgehead atoms. The fourth-order valence-electron chi connectivity index (χ4n) is 3.59. The lowest BCUT2D eigenvalue weighted by Crippen LogP contribution is -2.35. The zero-order valence-electron chi connectivity index (χ0n) is 17.9. The third-order valence-electron chi connectivity index (χ3n) is 5.49. The summed E-state index contributed by atoms with van der Waals surface area (Å²) >= 11 is 11.7. The van der Waals surface area contributed by atoms with Crippen molar-refractivity contribution in [2.75, 3.05) is 13.1 Å². The minimum absolute atomic E-state index is 0.0297. The Morgan fingerprint density at radius 3 is 2.18 bits per heavy atom. The standard InChI is InChI=1S/C23H22Cl2F2N2O5/c24-16-7-3-13(11-17(16)25)21(30)28-9-10-29-22(31)15-6-8-18(20(27)19(15)26)34-14-4-1-12(2-5-14)23(32)33/h3,6-8,11-12,14H,1-2,4-5,9-10H2,(H,28,30)(H,29,31)(H,32,33). The van der Waals surface area contributed by atoms with Gasteiger partial charge < -0.3 is 20.5 Å². The SMILES string of the molecule is O=C(NCCNC(=O)c1ccc(OC2CCC(C(=O)O)CC2)c(F)c1F)c1ccc(Cl)c(Cl)c1. The molecule has 0 aliphatic heterocycles. The average molecular weight is 515 g/mol. The number of nitrogens with one attached hydrogen (secondary N) is 2. The molecule has 0 unspecified atom stereocenters. The van der Waals surface area contributed by atoms with Crippen molar-refractivity contribution in [3.8, 4) is 5.75 Å². The highest BCUT2D eigenvalue weighted by Gasteiger charge is 2.28. The molecule has 3 N–H and O–H groups in total. The molecule has 0 saturated heterocycles. The zero-order valence-corrected chi connectivity index (χ0v) is 19.4. The summed E-state index contributed by atoms with van der Waals surface area (Å²) < 4.78 is 34.5. The first-order valence-corrected chi connectivity index (χ1v) is 11.3. The number of carboxylic acids is 1. The molecule has 1 aliphatic carbocycles. The molecular weight excluding hydrogens is 493 g/mol. The van der Waals surface area contributed by atoms with Gasteiger partial charge in [0, 0.05) is 18.7 Å². The molecule has 0 spiro atoms. The predicted octanol–water partition coefficient (Wildman–Crippen LogP) is 4.45. The lowest BCUT2D eigenvalue weighted by Gasteiger charge is -2.27. The Hall–Kier alpha value is -2.91. The number of carbonyl (C=O) groups is 3. The maximum atomic E-state index is 14.5. The van der Waals surface area contributed by atoms with Gasteiger partial charge in [0.15, 0.2) is 11.6 Å². The van der Waals surface area contributed by atoms with E-state index < -0.39 is 47.0 Å². The molecule has 3 rings (SSSR count). The molecule has 1 fully saturated rings. The van der Waals surface area contributed by atoms with Gasteiger partial charge in [-0.25, -0.2) is 4.39 Å². The molecule has 0 radical (unpaired) electrons. The maximum Gasteiger partial charge on any atom is 0.306 e. The van der Waals surface area contributed by atoms with Crippen molar-refractivity contribution >= 4 is 41.0 Å². The first-order chi connectivity index (χ1) is 16.2. The van der Waals surface area contributed by atoms with Crippen LogP contribution < -0.4 is 15.4 Å². The Labute approximate surface area is 204 Å². The monoisotopic (exact) mass is 514 g/mol. The zero-order chi connectivity index (χ0) is 24.8. The highest BCUT2D eigenvalue weighted by atomic mass is 35.5. The summed E-state index contributed by atoms with van der Waals surface area (Å²) in [6, 6.07) is 6.65. The van der Waals surface area contributed by atoms with E-state index in [0.29, 0.717) is 30.7 Å². The molecule has 0 heterocycles. The smallest absolute Gasteiger partial charge is 0.306 e. The van der Waals surface area contributed by atoms with E-state index in [1.165, 1.54) is 24.3 Å². The van der Waals surface area contributed by atoms with Gasteiger partial charge in [-0.1, -0.05) is 23.2 Å². The molecule has 182 valence electrons. The normalized spacial score (nSPS) is 17.6. The summed E-state index contributed by atoms with van der Waals surface area (Å²) in [5.41, 5.74) is -0.226. The molecule has 0 aromatic heterocycles. The molecule has 1 saturated carbocycles. The Morgan fingerprint density at radius 2 is 1.56 bits per heavy atom. The summed E-state index contributed by atoms with van der Waals surface area (Å²) in [4.78, 5) is 35.4. The highest BCUT2D eigenvalue weighted by molar-refractivity contribution is 6.42. The highest BCUT2D eigenvalue weighted by Crippen LogP contribution is 2.30. The number of carbonyl (C=O) groups excluding carboxylic acids is 2. The van der Waals surface area contributed by atoms with Gasteiger partial charge in [0.1, 0.15) is 0 Å². The van der Waals surface area contributed by atoms with Crippen LogP contribution in [0.15, 0.2) is 30.3 Å². The van der Waals surface area contributed by atoms with Crippen molar-refractivity contribution in [3.05, 3.63) is 63.1 Å². The van der Waals surface area contributed by atoms with Crippen molar-refractivity contribution < 1.29 is 33.0 Å². The molecule has 34 heavy (non-hydrogen) atoms. The van der Waals surface area contributed by atoms with E-state index >= 15 is 0 Å². The molecule has 0 atom stereocenters. The summed E-state index contributed by atoms with van der Waals surface area (Å²) in [7, 11) is 0. The lowest BCUT2D eigenvalue weighted by atomic mass is 9.87. The quantitative estimate of drug-likeness (QED) is 0.451. The summed E-state index contributed by atoms with van der Waals surface area (Å²) in [6.07, 6.45) is 1.18. The number of rotatable bonds is 8. The van der Waals surface area contributed by atoms with E-state index in [0.717, 1.165) is 6.07 Å². The van der Waals surface area contributed by atoms with Crippen molar-refractivity contribution in [3.63, 3.8) is 0 Å². The van der Waals surface area contributed by atoms with Crippen LogP contribution in [0.1, 0.15) is 46.4 Å². The Kier molecular flexibility index (Phi) is 8.68. The van der Waals surface area contributed by atoms with Gasteiger partial charge in [-0.05, 0) is 56.0 Å². The number of hydrogen-bond acceptors (Lipinski definition) is 4. The number of benzene rings is 2. The van der Waals surface area contributed by atoms with E-state index in [1.54, 1.807) is 0 Å². The second-order valence-electron chi connectivity index (χ2n) is 7.81. The van der Waals surface area contributed by atoms with E-state index in [9.17, 15) is 23.2 Å². The maximum absolute atomic E-state index is 14.5. The van der Waals surface area contributed by atoms with Crippen molar-refractivity contribution in [1.82, 2.24) is 10.6 Å². The van der Waals surface area contributed by atoms with Crippen LogP contribution in [0.5, 0.6) is 5.75 Å². The van der Waals surface area contributed by atoms with Crippen LogP contribution in [0.2, 0.25) is 10.0 Å². The van der Waals surface area contributed by atoms with Crippen molar-refractivity contribution in [1.29, 1.82) is 0 Å². The molecule has 2 aromatic rings. The van der Waals surface area contributed by atoms with Crippen LogP contribution in [0.25, 0.3) is 0 Å². The summed E-state index contributed by atoms with van der Waals surface area (Å²) in [6.45, 7) is 0.00710. The number of aliphatic carboxylic acids is 1. The summed E-state index contributed by atoms with van der Waals surface area (Å²) in [5, 5.41) is 14.5. The number of halogens is 4. The van der Waals surface area contributed by atoms with Gasteiger partial charge in [0.2, 0.25) is 5.82 Å². The number of carboxylic acid groups (broad SMARTS) is 1. The van der Waals surface area contributed by atoms with Crippen LogP contribution >= 0.6 is 23.2 Å². The third-order valence-corrected chi connectivity index (χ3v) is 6.23. The number of hydrogen-bond donors (Lipinski definition) is 3. The Bertz CT molecular complexity index is 1090. The minimum atomic E-state index is -1.35. The first-order valence-electron chi connectivity index (χ1n) is 10.6. The van der Waals surface area contributed by atoms with Gasteiger partial charge in [-0.3, -0.25) is 14.4 Å². The van der Waals surface area contributed by atoms with Gasteiger partial charge in [0.05, 0.1) is 27.6 Å². The van der Waals surface area contributed by atoms with Crippen LogP contribution in [0, 0.1) is 17.6 Å². The van der Waals surface area contributed by atoms with E-state index in [2.05, 4.69) is 10.6 Å². The van der Waals surface area contributed by atoms with Gasteiger partial charge >= 0.3 is 5.97 Å². The Morgan fingerprint density at radius 1 is 0.912 bits per heavy atom. The largest absolute Gasteiger partial charge is 0.487 e. The van der Waals surface area contributed by atoms with Crippen molar-refractivity contribution in [2.24, 2.45) is 5.92 Å². The fraction of sp³-hybridized carbons (Fsp3) is 0.348. The first kappa shape index (κ1) is 25.7. The molecule has 2 aromatic carbocycles. The Balaban J connectivity index is 1.50. The fourth-order valence-corrected chi connectivity index (χ4v) is 3.89. The average Bonchev–Trinajstić information content (AvgIpc) is 2.81. The van der Waals surface area contributed by atoms with E-state index in [-0.39, 0.29) is 29.4 Å². The van der Waals surface area contributed by atoms with E-state index in [1.807, 2.05) is 0 Å². The molecule has 11 heteroatoms. The van der Waals surface area contributed by atoms with Crippen LogP contribution in [-0.4, -0.2) is 42.1 Å². The van der Waals surface area contributed by atoms with Crippen LogP contribution in [0.3, 0.4) is 0 Å². The van der Waals surface area contributed by atoms with Crippen molar-refractivity contribution in [2.45, 2.75) is 31.8 Å². The topological polar surface area (TPSA) is 105 Å². The molecule has 7 nitrogen and oxygen atoms in total. The lowest BCUT2D eigenvalue weighted by molar-refractivity contribution is -0.143. The molecule has 2 amide bonds. The van der Waals surface area contributed by atoms with Gasteiger partial charge in [-0.2, -0.15) is 4.39 Å². The third kappa shape index (κ3) is 6.36. The number of ether oxygens (including phenoxy) is 1. The van der Waals surface area contributed by atoms with Crippen LogP contribution in [-0.2, 0) is 4.79 Å². The predicted molar refractivity (Wildman–Crippen MR) is 121 cm³/mol.